The maximum Gasteiger partial charge on any atom is 0.305 e. The van der Waals surface area contributed by atoms with Gasteiger partial charge in [0.25, 0.3) is 0 Å². The maximum absolute atomic E-state index is 11.2. The van der Waals surface area contributed by atoms with E-state index in [-0.39, 0.29) is 11.9 Å². The summed E-state index contributed by atoms with van der Waals surface area (Å²) in [6.45, 7) is 4.72. The van der Waals surface area contributed by atoms with Gasteiger partial charge in [-0.05, 0) is 51.0 Å². The number of ether oxygens (including phenoxy) is 2. The lowest BCUT2D eigenvalue weighted by Gasteiger charge is -2.04. The van der Waals surface area contributed by atoms with Crippen molar-refractivity contribution >= 4 is 23.7 Å². The van der Waals surface area contributed by atoms with Crippen LogP contribution >= 0.6 is 11.8 Å². The Kier molecular flexibility index (Phi) is 25.0. The van der Waals surface area contributed by atoms with Gasteiger partial charge in [-0.3, -0.25) is 9.59 Å². The lowest BCUT2D eigenvalue weighted by atomic mass is 10.1. The van der Waals surface area contributed by atoms with Crippen molar-refractivity contribution in [2.75, 3.05) is 24.7 Å². The molecule has 0 aromatic heterocycles. The van der Waals surface area contributed by atoms with Crippen LogP contribution in [0.5, 0.6) is 0 Å². The van der Waals surface area contributed by atoms with Gasteiger partial charge in [0, 0.05) is 12.8 Å². The Hall–Kier alpha value is -0.710. The highest BCUT2D eigenvalue weighted by atomic mass is 32.2. The van der Waals surface area contributed by atoms with Crippen molar-refractivity contribution in [2.45, 2.75) is 129 Å². The van der Waals surface area contributed by atoms with Gasteiger partial charge in [0.2, 0.25) is 0 Å². The van der Waals surface area contributed by atoms with Gasteiger partial charge in [0.05, 0.1) is 13.2 Å². The van der Waals surface area contributed by atoms with Crippen LogP contribution in [-0.2, 0) is 19.1 Å². The van der Waals surface area contributed by atoms with Crippen molar-refractivity contribution in [1.29, 1.82) is 0 Å². The van der Waals surface area contributed by atoms with Gasteiger partial charge in [0.15, 0.2) is 0 Å². The smallest absolute Gasteiger partial charge is 0.305 e. The van der Waals surface area contributed by atoms with E-state index in [1.54, 1.807) is 0 Å². The van der Waals surface area contributed by atoms with Crippen LogP contribution in [-0.4, -0.2) is 36.7 Å². The molecule has 0 aromatic carbocycles. The Balaban J connectivity index is 3.08. The molecule has 0 aromatic rings. The summed E-state index contributed by atoms with van der Waals surface area (Å²) in [5.41, 5.74) is 0. The summed E-state index contributed by atoms with van der Waals surface area (Å²) in [5, 5.41) is 0. The largest absolute Gasteiger partial charge is 0.466 e. The van der Waals surface area contributed by atoms with Crippen molar-refractivity contribution in [2.24, 2.45) is 0 Å². The average Bonchev–Trinajstić information content (AvgIpc) is 2.75. The Morgan fingerprint density at radius 2 is 0.774 bits per heavy atom. The molecule has 0 unspecified atom stereocenters. The molecule has 0 fully saturated rings. The summed E-state index contributed by atoms with van der Waals surface area (Å²) in [6, 6.07) is 0. The van der Waals surface area contributed by atoms with Crippen LogP contribution in [0.3, 0.4) is 0 Å². The molecular weight excluding hydrogens is 408 g/mol. The normalized spacial score (nSPS) is 10.9. The molecule has 31 heavy (non-hydrogen) atoms. The van der Waals surface area contributed by atoms with Crippen LogP contribution in [0.4, 0.5) is 0 Å². The Morgan fingerprint density at radius 1 is 0.484 bits per heavy atom. The van der Waals surface area contributed by atoms with E-state index in [2.05, 4.69) is 11.8 Å². The van der Waals surface area contributed by atoms with E-state index in [9.17, 15) is 9.59 Å². The van der Waals surface area contributed by atoms with E-state index < -0.39 is 0 Å². The van der Waals surface area contributed by atoms with Crippen molar-refractivity contribution in [3.63, 3.8) is 0 Å². The van der Waals surface area contributed by atoms with Gasteiger partial charge in [0.1, 0.15) is 0 Å². The minimum absolute atomic E-state index is 0.0422. The highest BCUT2D eigenvalue weighted by Gasteiger charge is 2.01. The molecule has 4 nitrogen and oxygen atoms in total. The minimum atomic E-state index is -0.0422. The average molecular weight is 459 g/mol. The van der Waals surface area contributed by atoms with E-state index in [1.807, 2.05) is 13.8 Å². The predicted molar refractivity (Wildman–Crippen MR) is 134 cm³/mol. The molecule has 0 bridgehead atoms. The van der Waals surface area contributed by atoms with Crippen molar-refractivity contribution in [3.8, 4) is 0 Å². The predicted octanol–water partition coefficient (Wildman–Crippen LogP) is 7.87. The monoisotopic (exact) mass is 458 g/mol. The van der Waals surface area contributed by atoms with E-state index >= 15 is 0 Å². The summed E-state index contributed by atoms with van der Waals surface area (Å²) >= 11 is 2.13. The molecule has 0 atom stereocenters. The lowest BCUT2D eigenvalue weighted by molar-refractivity contribution is -0.144. The second-order valence-corrected chi connectivity index (χ2v) is 9.60. The summed E-state index contributed by atoms with van der Waals surface area (Å²) < 4.78 is 9.88. The fourth-order valence-electron chi connectivity index (χ4n) is 3.64. The van der Waals surface area contributed by atoms with E-state index in [0.717, 1.165) is 25.7 Å². The summed E-state index contributed by atoms with van der Waals surface area (Å²) in [4.78, 5) is 22.5. The standard InChI is InChI=1S/C26H50O4S/c1-3-29-25(27)21-17-13-9-5-7-11-15-19-23-31-24-20-16-12-8-6-10-14-18-22-26(28)30-4-2/h3-24H2,1-2H3. The Bertz CT molecular complexity index is 365. The van der Waals surface area contributed by atoms with Gasteiger partial charge >= 0.3 is 11.9 Å². The van der Waals surface area contributed by atoms with Crippen LogP contribution in [0.25, 0.3) is 0 Å². The number of thioether (sulfide) groups is 1. The zero-order valence-electron chi connectivity index (χ0n) is 20.6. The topological polar surface area (TPSA) is 52.6 Å². The highest BCUT2D eigenvalue weighted by molar-refractivity contribution is 7.99. The fourth-order valence-corrected chi connectivity index (χ4v) is 4.66. The van der Waals surface area contributed by atoms with Gasteiger partial charge < -0.3 is 9.47 Å². The molecule has 0 saturated heterocycles. The molecular formula is C26H50O4S. The van der Waals surface area contributed by atoms with Crippen molar-refractivity contribution in [1.82, 2.24) is 0 Å². The Morgan fingerprint density at radius 3 is 1.10 bits per heavy atom. The first-order valence-electron chi connectivity index (χ1n) is 13.1. The number of unbranched alkanes of at least 4 members (excludes halogenated alkanes) is 14. The van der Waals surface area contributed by atoms with E-state index in [4.69, 9.17) is 9.47 Å². The second-order valence-electron chi connectivity index (χ2n) is 8.38. The number of hydrogen-bond donors (Lipinski definition) is 0. The van der Waals surface area contributed by atoms with Crippen LogP contribution in [0.1, 0.15) is 129 Å². The molecule has 5 heteroatoms. The van der Waals surface area contributed by atoms with Crippen molar-refractivity contribution in [3.05, 3.63) is 0 Å². The molecule has 0 N–H and O–H groups in total. The third-order valence-electron chi connectivity index (χ3n) is 5.45. The zero-order chi connectivity index (χ0) is 22.8. The summed E-state index contributed by atoms with van der Waals surface area (Å²) in [6.07, 6.45) is 21.4. The van der Waals surface area contributed by atoms with Gasteiger partial charge in [-0.15, -0.1) is 0 Å². The molecule has 0 aliphatic carbocycles. The number of rotatable bonds is 24. The molecule has 0 rings (SSSR count). The number of hydrogen-bond acceptors (Lipinski definition) is 5. The lowest BCUT2D eigenvalue weighted by Crippen LogP contribution is -2.03. The Labute approximate surface area is 197 Å². The maximum atomic E-state index is 11.2. The van der Waals surface area contributed by atoms with E-state index in [1.165, 1.54) is 88.6 Å². The summed E-state index contributed by atoms with van der Waals surface area (Å²) in [7, 11) is 0. The number of carbonyl (C=O) groups is 2. The molecule has 0 saturated carbocycles. The first-order chi connectivity index (χ1) is 15.2. The first-order valence-corrected chi connectivity index (χ1v) is 14.2. The molecule has 0 aliphatic heterocycles. The molecule has 0 amide bonds. The van der Waals surface area contributed by atoms with Crippen LogP contribution in [0, 0.1) is 0 Å². The molecule has 0 heterocycles. The van der Waals surface area contributed by atoms with Crippen molar-refractivity contribution < 1.29 is 19.1 Å². The van der Waals surface area contributed by atoms with Crippen LogP contribution in [0.15, 0.2) is 0 Å². The third kappa shape index (κ3) is 25.4. The number of esters is 2. The van der Waals surface area contributed by atoms with Gasteiger partial charge in [-0.2, -0.15) is 11.8 Å². The molecule has 0 aliphatic rings. The fraction of sp³-hybridized carbons (Fsp3) is 0.923. The first kappa shape index (κ1) is 30.3. The summed E-state index contributed by atoms with van der Waals surface area (Å²) in [5.74, 6) is 2.55. The number of carbonyl (C=O) groups excluding carboxylic acids is 2. The van der Waals surface area contributed by atoms with Gasteiger partial charge in [-0.1, -0.05) is 77.0 Å². The minimum Gasteiger partial charge on any atom is -0.466 e. The van der Waals surface area contributed by atoms with E-state index in [0.29, 0.717) is 26.1 Å². The van der Waals surface area contributed by atoms with Crippen LogP contribution < -0.4 is 0 Å². The molecule has 0 radical (unpaired) electrons. The SMILES string of the molecule is CCOC(=O)CCCCCCCCCCSCCCCCCCCCCC(=O)OCC. The second kappa shape index (κ2) is 25.5. The third-order valence-corrected chi connectivity index (χ3v) is 6.60. The highest BCUT2D eigenvalue weighted by Crippen LogP contribution is 2.15. The molecule has 184 valence electrons. The zero-order valence-corrected chi connectivity index (χ0v) is 21.4. The van der Waals surface area contributed by atoms with Gasteiger partial charge in [-0.25, -0.2) is 0 Å². The molecule has 0 spiro atoms. The quantitative estimate of drug-likeness (QED) is 0.109. The van der Waals surface area contributed by atoms with Crippen LogP contribution in [0.2, 0.25) is 0 Å².